The average molecular weight is 352 g/mol. The summed E-state index contributed by atoms with van der Waals surface area (Å²) < 4.78 is 45.1. The molecule has 1 aliphatic rings. The lowest BCUT2D eigenvalue weighted by Gasteiger charge is -2.33. The Balaban J connectivity index is 1.63. The Morgan fingerprint density at radius 2 is 1.79 bits per heavy atom. The van der Waals surface area contributed by atoms with Gasteiger partial charge in [-0.3, -0.25) is 9.69 Å². The number of furan rings is 1. The molecule has 1 aliphatic heterocycles. The number of Topliss-reactive ketones (excluding diaryl/α,β-unsaturated/α-hetero) is 1. The van der Waals surface area contributed by atoms with Crippen LogP contribution in [0, 0.1) is 5.82 Å². The van der Waals surface area contributed by atoms with Crippen molar-refractivity contribution in [2.45, 2.75) is 4.90 Å². The number of ketones is 1. The minimum Gasteiger partial charge on any atom is -0.461 e. The molecule has 8 heteroatoms. The van der Waals surface area contributed by atoms with Crippen molar-refractivity contribution in [2.75, 3.05) is 32.7 Å². The first-order valence-corrected chi connectivity index (χ1v) is 8.96. The number of benzene rings is 1. The third-order valence-electron chi connectivity index (χ3n) is 3.95. The fraction of sp³-hybridized carbons (Fsp3) is 0.312. The van der Waals surface area contributed by atoms with E-state index in [1.54, 1.807) is 12.1 Å². The van der Waals surface area contributed by atoms with Crippen LogP contribution in [0.1, 0.15) is 10.6 Å². The van der Waals surface area contributed by atoms with Crippen LogP contribution in [0.25, 0.3) is 0 Å². The molecule has 2 heterocycles. The highest BCUT2D eigenvalue weighted by atomic mass is 32.2. The van der Waals surface area contributed by atoms with Gasteiger partial charge >= 0.3 is 0 Å². The molecule has 0 bridgehead atoms. The van der Waals surface area contributed by atoms with E-state index in [2.05, 4.69) is 0 Å². The summed E-state index contributed by atoms with van der Waals surface area (Å²) in [6, 6.07) is 8.58. The van der Waals surface area contributed by atoms with E-state index in [0.29, 0.717) is 13.1 Å². The Hall–Kier alpha value is -2.03. The number of nitrogens with zero attached hydrogens (tertiary/aromatic N) is 2. The Bertz CT molecular complexity index is 812. The first kappa shape index (κ1) is 16.8. The zero-order valence-electron chi connectivity index (χ0n) is 12.9. The zero-order chi connectivity index (χ0) is 17.2. The van der Waals surface area contributed by atoms with E-state index >= 15 is 0 Å². The molecule has 0 N–H and O–H groups in total. The van der Waals surface area contributed by atoms with Crippen LogP contribution in [0.15, 0.2) is 52.0 Å². The van der Waals surface area contributed by atoms with Gasteiger partial charge in [-0.25, -0.2) is 12.8 Å². The van der Waals surface area contributed by atoms with Crippen LogP contribution in [-0.2, 0) is 10.0 Å². The summed E-state index contributed by atoms with van der Waals surface area (Å²) in [7, 11) is -3.86. The molecular weight excluding hydrogens is 335 g/mol. The third kappa shape index (κ3) is 3.40. The summed E-state index contributed by atoms with van der Waals surface area (Å²) in [5, 5.41) is 0. The molecule has 0 radical (unpaired) electrons. The molecule has 6 nitrogen and oxygen atoms in total. The first-order chi connectivity index (χ1) is 11.5. The van der Waals surface area contributed by atoms with Gasteiger partial charge in [0.25, 0.3) is 0 Å². The lowest BCUT2D eigenvalue weighted by molar-refractivity contribution is 0.0874. The van der Waals surface area contributed by atoms with Crippen molar-refractivity contribution < 1.29 is 22.0 Å². The second kappa shape index (κ2) is 6.84. The van der Waals surface area contributed by atoms with E-state index in [-0.39, 0.29) is 36.1 Å². The minimum atomic E-state index is -3.86. The second-order valence-electron chi connectivity index (χ2n) is 5.51. The standard InChI is InChI=1S/C16H17FN2O4S/c17-13-4-1-2-6-16(13)24(21,22)19-9-7-18(8-10-19)12-14(20)15-5-3-11-23-15/h1-6,11H,7-10,12H2. The number of carbonyl (C=O) groups is 1. The van der Waals surface area contributed by atoms with E-state index in [9.17, 15) is 17.6 Å². The van der Waals surface area contributed by atoms with E-state index in [0.717, 1.165) is 6.07 Å². The van der Waals surface area contributed by atoms with E-state index in [1.807, 2.05) is 4.90 Å². The second-order valence-corrected chi connectivity index (χ2v) is 7.42. The number of halogens is 1. The van der Waals surface area contributed by atoms with Crippen LogP contribution in [0.2, 0.25) is 0 Å². The van der Waals surface area contributed by atoms with E-state index in [4.69, 9.17) is 4.42 Å². The summed E-state index contributed by atoms with van der Waals surface area (Å²) >= 11 is 0. The van der Waals surface area contributed by atoms with Gasteiger partial charge in [0.1, 0.15) is 10.7 Å². The lowest BCUT2D eigenvalue weighted by Crippen LogP contribution is -2.49. The third-order valence-corrected chi connectivity index (χ3v) is 5.88. The molecule has 1 aromatic heterocycles. The molecule has 1 aromatic carbocycles. The van der Waals surface area contributed by atoms with Crippen molar-refractivity contribution in [3.8, 4) is 0 Å². The number of hydrogen-bond acceptors (Lipinski definition) is 5. The van der Waals surface area contributed by atoms with Crippen LogP contribution in [0.3, 0.4) is 0 Å². The Morgan fingerprint density at radius 1 is 1.08 bits per heavy atom. The van der Waals surface area contributed by atoms with Crippen LogP contribution in [-0.4, -0.2) is 56.1 Å². The maximum atomic E-state index is 13.8. The van der Waals surface area contributed by atoms with Crippen LogP contribution in [0.4, 0.5) is 4.39 Å². The number of rotatable bonds is 5. The maximum absolute atomic E-state index is 13.8. The topological polar surface area (TPSA) is 70.8 Å². The Morgan fingerprint density at radius 3 is 2.42 bits per heavy atom. The van der Waals surface area contributed by atoms with Crippen molar-refractivity contribution in [2.24, 2.45) is 0 Å². The molecule has 0 unspecified atom stereocenters. The largest absolute Gasteiger partial charge is 0.461 e. The highest BCUT2D eigenvalue weighted by Crippen LogP contribution is 2.20. The summed E-state index contributed by atoms with van der Waals surface area (Å²) in [5.74, 6) is -0.616. The molecule has 0 saturated carbocycles. The number of hydrogen-bond donors (Lipinski definition) is 0. The van der Waals surface area contributed by atoms with E-state index in [1.165, 1.54) is 28.8 Å². The van der Waals surface area contributed by atoms with Gasteiger partial charge in [0, 0.05) is 26.2 Å². The van der Waals surface area contributed by atoms with Crippen LogP contribution in [0.5, 0.6) is 0 Å². The maximum Gasteiger partial charge on any atom is 0.246 e. The van der Waals surface area contributed by atoms with E-state index < -0.39 is 15.8 Å². The highest BCUT2D eigenvalue weighted by molar-refractivity contribution is 7.89. The predicted octanol–water partition coefficient (Wildman–Crippen LogP) is 1.61. The number of piperazine rings is 1. The number of sulfonamides is 1. The fourth-order valence-electron chi connectivity index (χ4n) is 2.64. The fourth-order valence-corrected chi connectivity index (χ4v) is 4.13. The summed E-state index contributed by atoms with van der Waals surface area (Å²) in [4.78, 5) is 13.5. The lowest BCUT2D eigenvalue weighted by atomic mass is 10.2. The molecule has 2 aromatic rings. The zero-order valence-corrected chi connectivity index (χ0v) is 13.7. The molecule has 1 saturated heterocycles. The Kier molecular flexibility index (Phi) is 4.79. The summed E-state index contributed by atoms with van der Waals surface area (Å²) in [5.41, 5.74) is 0. The Labute approximate surface area is 139 Å². The molecule has 3 rings (SSSR count). The molecule has 0 aliphatic carbocycles. The molecular formula is C16H17FN2O4S. The molecule has 0 atom stereocenters. The van der Waals surface area contributed by atoms with Gasteiger partial charge in [-0.05, 0) is 24.3 Å². The molecule has 128 valence electrons. The van der Waals surface area contributed by atoms with Crippen molar-refractivity contribution in [3.05, 3.63) is 54.2 Å². The molecule has 1 fully saturated rings. The quantitative estimate of drug-likeness (QED) is 0.765. The van der Waals surface area contributed by atoms with Crippen molar-refractivity contribution in [3.63, 3.8) is 0 Å². The normalized spacial score (nSPS) is 17.0. The van der Waals surface area contributed by atoms with Gasteiger partial charge in [-0.1, -0.05) is 12.1 Å². The monoisotopic (exact) mass is 352 g/mol. The minimum absolute atomic E-state index is 0.148. The van der Waals surface area contributed by atoms with Crippen LogP contribution >= 0.6 is 0 Å². The van der Waals surface area contributed by atoms with Gasteiger partial charge in [0.05, 0.1) is 12.8 Å². The first-order valence-electron chi connectivity index (χ1n) is 7.52. The molecule has 0 amide bonds. The smallest absolute Gasteiger partial charge is 0.246 e. The van der Waals surface area contributed by atoms with Gasteiger partial charge < -0.3 is 4.42 Å². The average Bonchev–Trinajstić information content (AvgIpc) is 3.10. The van der Waals surface area contributed by atoms with Gasteiger partial charge in [-0.2, -0.15) is 4.31 Å². The SMILES string of the molecule is O=C(CN1CCN(S(=O)(=O)c2ccccc2F)CC1)c1ccco1. The summed E-state index contributed by atoms with van der Waals surface area (Å²) in [6.07, 6.45) is 1.44. The van der Waals surface area contributed by atoms with Crippen molar-refractivity contribution in [1.29, 1.82) is 0 Å². The van der Waals surface area contributed by atoms with Crippen molar-refractivity contribution >= 4 is 15.8 Å². The van der Waals surface area contributed by atoms with Crippen molar-refractivity contribution in [1.82, 2.24) is 9.21 Å². The number of carbonyl (C=O) groups excluding carboxylic acids is 1. The van der Waals surface area contributed by atoms with Gasteiger partial charge in [-0.15, -0.1) is 0 Å². The summed E-state index contributed by atoms with van der Waals surface area (Å²) in [6.45, 7) is 1.39. The van der Waals surface area contributed by atoms with Gasteiger partial charge in [0.15, 0.2) is 5.76 Å². The molecule has 24 heavy (non-hydrogen) atoms. The van der Waals surface area contributed by atoms with Crippen LogP contribution < -0.4 is 0 Å². The van der Waals surface area contributed by atoms with Gasteiger partial charge in [0.2, 0.25) is 15.8 Å². The highest BCUT2D eigenvalue weighted by Gasteiger charge is 2.31. The predicted molar refractivity (Wildman–Crippen MR) is 84.6 cm³/mol. The molecule has 0 spiro atoms.